The Bertz CT molecular complexity index is 1170. The molecule has 4 rings (SSSR count). The number of carbonyl (C=O) groups is 1. The molecular weight excluding hydrogens is 443 g/mol. The Kier molecular flexibility index (Phi) is 6.54. The lowest BCUT2D eigenvalue weighted by Gasteiger charge is -2.38. The molecule has 0 radical (unpaired) electrons. The summed E-state index contributed by atoms with van der Waals surface area (Å²) in [6.07, 6.45) is -2.40. The lowest BCUT2D eigenvalue weighted by atomic mass is 10.00. The first kappa shape index (κ1) is 23.7. The molecule has 0 aliphatic carbocycles. The summed E-state index contributed by atoms with van der Waals surface area (Å²) in [5.41, 5.74) is 2.38. The van der Waals surface area contributed by atoms with E-state index in [0.29, 0.717) is 25.9 Å². The molecule has 0 spiro atoms. The van der Waals surface area contributed by atoms with Gasteiger partial charge in [0.1, 0.15) is 0 Å². The van der Waals surface area contributed by atoms with Gasteiger partial charge in [-0.05, 0) is 49.9 Å². The third kappa shape index (κ3) is 4.60. The van der Waals surface area contributed by atoms with Crippen molar-refractivity contribution in [3.63, 3.8) is 0 Å². The van der Waals surface area contributed by atoms with Crippen molar-refractivity contribution >= 4 is 11.7 Å². The van der Waals surface area contributed by atoms with Crippen LogP contribution >= 0.6 is 0 Å². The highest BCUT2D eigenvalue weighted by atomic mass is 19.4. The maximum absolute atomic E-state index is 13.3. The maximum Gasteiger partial charge on any atom is 0.434 e. The minimum atomic E-state index is -4.68. The van der Waals surface area contributed by atoms with Crippen LogP contribution in [0.3, 0.4) is 0 Å². The zero-order valence-electron chi connectivity index (χ0n) is 19.3. The van der Waals surface area contributed by atoms with E-state index in [2.05, 4.69) is 20.1 Å². The van der Waals surface area contributed by atoms with Gasteiger partial charge in [-0.3, -0.25) is 9.78 Å². The Hall–Kier alpha value is -3.49. The second-order valence-electron chi connectivity index (χ2n) is 8.52. The molecule has 0 atom stereocenters. The number of aromatic nitrogens is 3. The molecule has 1 aliphatic heterocycles. The number of alkyl halides is 3. The van der Waals surface area contributed by atoms with Crippen LogP contribution in [0.5, 0.6) is 0 Å². The van der Waals surface area contributed by atoms with E-state index < -0.39 is 23.3 Å². The van der Waals surface area contributed by atoms with E-state index in [9.17, 15) is 18.0 Å². The molecule has 0 bridgehead atoms. The van der Waals surface area contributed by atoms with E-state index in [1.54, 1.807) is 7.05 Å². The lowest BCUT2D eigenvalue weighted by Crippen LogP contribution is -2.46. The normalized spacial score (nSPS) is 14.8. The fourth-order valence-corrected chi connectivity index (χ4v) is 4.39. The van der Waals surface area contributed by atoms with E-state index in [-0.39, 0.29) is 6.04 Å². The van der Waals surface area contributed by atoms with Crippen LogP contribution in [0.15, 0.2) is 48.7 Å². The summed E-state index contributed by atoms with van der Waals surface area (Å²) in [4.78, 5) is 19.8. The van der Waals surface area contributed by atoms with Crippen LogP contribution < -0.4 is 4.90 Å². The Morgan fingerprint density at radius 3 is 2.32 bits per heavy atom. The molecule has 6 nitrogen and oxygen atoms in total. The molecule has 3 heterocycles. The number of nitrogens with zero attached hydrogens (tertiary/aromatic N) is 5. The smallest absolute Gasteiger partial charge is 0.355 e. The van der Waals surface area contributed by atoms with E-state index in [1.165, 1.54) is 17.0 Å². The number of halogens is 3. The van der Waals surface area contributed by atoms with Crippen LogP contribution in [0, 0.1) is 13.8 Å². The van der Waals surface area contributed by atoms with Gasteiger partial charge in [0.25, 0.3) is 5.91 Å². The first-order valence-corrected chi connectivity index (χ1v) is 11.1. The van der Waals surface area contributed by atoms with Gasteiger partial charge in [-0.1, -0.05) is 30.3 Å². The number of pyridine rings is 1. The maximum atomic E-state index is 13.3. The number of carbonyl (C=O) groups excluding carboxylic acids is 1. The Balaban J connectivity index is 1.47. The van der Waals surface area contributed by atoms with Crippen LogP contribution in [-0.4, -0.2) is 52.2 Å². The molecule has 1 fully saturated rings. The molecule has 178 valence electrons. The molecule has 9 heteroatoms. The summed E-state index contributed by atoms with van der Waals surface area (Å²) in [7, 11) is 1.56. The first-order chi connectivity index (χ1) is 16.2. The Morgan fingerprint density at radius 2 is 1.68 bits per heavy atom. The number of anilines is 1. The number of rotatable bonds is 4. The summed E-state index contributed by atoms with van der Waals surface area (Å²) in [5.74, 6) is 0.133. The third-order valence-corrected chi connectivity index (χ3v) is 6.48. The number of piperidine rings is 1. The molecule has 1 amide bonds. The molecule has 1 saturated heterocycles. The largest absolute Gasteiger partial charge is 0.434 e. The van der Waals surface area contributed by atoms with Crippen LogP contribution in [0.1, 0.15) is 40.0 Å². The molecule has 1 aromatic carbocycles. The van der Waals surface area contributed by atoms with Gasteiger partial charge in [0.05, 0.1) is 11.3 Å². The highest BCUT2D eigenvalue weighted by Gasteiger charge is 2.38. The van der Waals surface area contributed by atoms with Crippen LogP contribution in [0.25, 0.3) is 11.3 Å². The second-order valence-corrected chi connectivity index (χ2v) is 8.52. The van der Waals surface area contributed by atoms with Crippen molar-refractivity contribution < 1.29 is 18.0 Å². The van der Waals surface area contributed by atoms with Crippen LogP contribution in [0.4, 0.5) is 19.0 Å². The number of hydrogen-bond donors (Lipinski definition) is 0. The summed E-state index contributed by atoms with van der Waals surface area (Å²) in [6.45, 7) is 5.30. The van der Waals surface area contributed by atoms with Crippen molar-refractivity contribution in [2.75, 3.05) is 25.0 Å². The summed E-state index contributed by atoms with van der Waals surface area (Å²) in [5, 5.41) is 8.96. The highest BCUT2D eigenvalue weighted by molar-refractivity contribution is 5.95. The van der Waals surface area contributed by atoms with Crippen molar-refractivity contribution in [3.8, 4) is 11.3 Å². The Labute approximate surface area is 196 Å². The van der Waals surface area contributed by atoms with E-state index >= 15 is 0 Å². The SMILES string of the molecule is Cc1c(-c2ccccc2)nnc(N2CCC(N(C)C(=O)c3cccnc3C(F)(F)F)CC2)c1C. The molecule has 3 aromatic rings. The van der Waals surface area contributed by atoms with Gasteiger partial charge in [0.15, 0.2) is 11.5 Å². The first-order valence-electron chi connectivity index (χ1n) is 11.1. The minimum Gasteiger partial charge on any atom is -0.355 e. The van der Waals surface area contributed by atoms with Crippen molar-refractivity contribution in [2.24, 2.45) is 0 Å². The minimum absolute atomic E-state index is 0.178. The van der Waals surface area contributed by atoms with Crippen LogP contribution in [0.2, 0.25) is 0 Å². The molecule has 0 N–H and O–H groups in total. The van der Waals surface area contributed by atoms with Gasteiger partial charge in [0, 0.05) is 37.9 Å². The van der Waals surface area contributed by atoms with Crippen molar-refractivity contribution in [1.29, 1.82) is 0 Å². The monoisotopic (exact) mass is 469 g/mol. The highest BCUT2D eigenvalue weighted by Crippen LogP contribution is 2.32. The predicted molar refractivity (Wildman–Crippen MR) is 124 cm³/mol. The van der Waals surface area contributed by atoms with Crippen molar-refractivity contribution in [2.45, 2.75) is 38.9 Å². The topological polar surface area (TPSA) is 62.2 Å². The lowest BCUT2D eigenvalue weighted by molar-refractivity contribution is -0.141. The van der Waals surface area contributed by atoms with Crippen LogP contribution in [-0.2, 0) is 6.18 Å². The second kappa shape index (κ2) is 9.40. The quantitative estimate of drug-likeness (QED) is 0.543. The average Bonchev–Trinajstić information content (AvgIpc) is 2.85. The summed E-state index contributed by atoms with van der Waals surface area (Å²) >= 11 is 0. The molecular formula is C25H26F3N5O. The standard InChI is InChI=1S/C25H26F3N5O/c1-16-17(2)23(31-30-21(16)18-8-5-4-6-9-18)33-14-11-19(12-15-33)32(3)24(34)20-10-7-13-29-22(20)25(26,27)28/h4-10,13,19H,11-12,14-15H2,1-3H3. The fourth-order valence-electron chi connectivity index (χ4n) is 4.39. The molecule has 2 aromatic heterocycles. The number of amides is 1. The van der Waals surface area contributed by atoms with Crippen molar-refractivity contribution in [3.05, 3.63) is 71.0 Å². The number of benzene rings is 1. The Morgan fingerprint density at radius 1 is 1.00 bits per heavy atom. The molecule has 0 unspecified atom stereocenters. The summed E-state index contributed by atoms with van der Waals surface area (Å²) in [6, 6.07) is 12.2. The van der Waals surface area contributed by atoms with Gasteiger partial charge in [-0.15, -0.1) is 10.2 Å². The predicted octanol–water partition coefficient (Wildman–Crippen LogP) is 4.92. The zero-order chi connectivity index (χ0) is 24.5. The molecule has 34 heavy (non-hydrogen) atoms. The van der Waals surface area contributed by atoms with Gasteiger partial charge < -0.3 is 9.80 Å². The van der Waals surface area contributed by atoms with E-state index in [4.69, 9.17) is 0 Å². The van der Waals surface area contributed by atoms with Gasteiger partial charge >= 0.3 is 6.18 Å². The molecule has 0 saturated carbocycles. The van der Waals surface area contributed by atoms with E-state index in [0.717, 1.165) is 34.4 Å². The summed E-state index contributed by atoms with van der Waals surface area (Å²) < 4.78 is 39.9. The van der Waals surface area contributed by atoms with Gasteiger partial charge in [-0.25, -0.2) is 0 Å². The molecule has 1 aliphatic rings. The third-order valence-electron chi connectivity index (χ3n) is 6.48. The fraction of sp³-hybridized carbons (Fsp3) is 0.360. The van der Waals surface area contributed by atoms with Crippen molar-refractivity contribution in [1.82, 2.24) is 20.1 Å². The zero-order valence-corrected chi connectivity index (χ0v) is 19.3. The van der Waals surface area contributed by atoms with Gasteiger partial charge in [-0.2, -0.15) is 13.2 Å². The van der Waals surface area contributed by atoms with E-state index in [1.807, 2.05) is 44.2 Å². The average molecular weight is 470 g/mol. The number of hydrogen-bond acceptors (Lipinski definition) is 5. The van der Waals surface area contributed by atoms with Gasteiger partial charge in [0.2, 0.25) is 0 Å².